The predicted molar refractivity (Wildman–Crippen MR) is 97.9 cm³/mol. The number of nitrogens with one attached hydrogen (secondary N) is 1. The highest BCUT2D eigenvalue weighted by Crippen LogP contribution is 2.19. The van der Waals surface area contributed by atoms with E-state index in [1.165, 1.54) is 30.0 Å². The zero-order chi connectivity index (χ0) is 20.2. The summed E-state index contributed by atoms with van der Waals surface area (Å²) in [5, 5.41) is 13.8. The number of nitro groups is 1. The van der Waals surface area contributed by atoms with Crippen molar-refractivity contribution < 1.29 is 24.0 Å². The topological polar surface area (TPSA) is 119 Å². The van der Waals surface area contributed by atoms with Crippen LogP contribution in [0.4, 0.5) is 5.69 Å². The van der Waals surface area contributed by atoms with Crippen LogP contribution in [0.2, 0.25) is 0 Å². The van der Waals surface area contributed by atoms with Gasteiger partial charge in [0.25, 0.3) is 5.69 Å². The van der Waals surface area contributed by atoms with Crippen molar-refractivity contribution >= 4 is 23.5 Å². The molecule has 0 radical (unpaired) electrons. The van der Waals surface area contributed by atoms with Crippen LogP contribution in [0.5, 0.6) is 0 Å². The Labute approximate surface area is 157 Å². The van der Waals surface area contributed by atoms with Crippen LogP contribution in [0.1, 0.15) is 32.3 Å². The van der Waals surface area contributed by atoms with E-state index >= 15 is 0 Å². The highest BCUT2D eigenvalue weighted by Gasteiger charge is 2.20. The number of amides is 2. The summed E-state index contributed by atoms with van der Waals surface area (Å²) in [6.45, 7) is 4.22. The molecule has 1 aromatic carbocycles. The maximum absolute atomic E-state index is 12.6. The molecule has 0 unspecified atom stereocenters. The number of para-hydroxylation sites is 1. The zero-order valence-electron chi connectivity index (χ0n) is 15.6. The zero-order valence-corrected chi connectivity index (χ0v) is 15.6. The second-order valence-electron chi connectivity index (χ2n) is 5.83. The van der Waals surface area contributed by atoms with Gasteiger partial charge in [0, 0.05) is 38.2 Å². The minimum absolute atomic E-state index is 0.0383. The first-order valence-corrected chi connectivity index (χ1v) is 8.75. The van der Waals surface area contributed by atoms with Gasteiger partial charge in [-0.05, 0) is 13.3 Å². The SMILES string of the molecule is CCOC(=O)CCN(CCCNC(C)=O)C(=O)Cc1ccccc1[N+](=O)[O-]. The van der Waals surface area contributed by atoms with Gasteiger partial charge in [0.2, 0.25) is 11.8 Å². The number of rotatable bonds is 11. The largest absolute Gasteiger partial charge is 0.466 e. The number of benzene rings is 1. The normalized spacial score (nSPS) is 10.1. The van der Waals surface area contributed by atoms with E-state index in [2.05, 4.69) is 5.32 Å². The van der Waals surface area contributed by atoms with Crippen LogP contribution in [0.3, 0.4) is 0 Å². The van der Waals surface area contributed by atoms with Gasteiger partial charge in [0.05, 0.1) is 24.4 Å². The van der Waals surface area contributed by atoms with Crippen molar-refractivity contribution in [1.29, 1.82) is 0 Å². The molecule has 9 nitrogen and oxygen atoms in total. The second kappa shape index (κ2) is 11.6. The molecule has 0 aliphatic rings. The number of ether oxygens (including phenoxy) is 1. The van der Waals surface area contributed by atoms with Gasteiger partial charge in [-0.3, -0.25) is 24.5 Å². The van der Waals surface area contributed by atoms with Gasteiger partial charge in [-0.15, -0.1) is 0 Å². The lowest BCUT2D eigenvalue weighted by Crippen LogP contribution is -2.37. The molecule has 148 valence electrons. The van der Waals surface area contributed by atoms with Crippen LogP contribution in [-0.2, 0) is 25.5 Å². The highest BCUT2D eigenvalue weighted by atomic mass is 16.6. The van der Waals surface area contributed by atoms with Crippen molar-refractivity contribution in [2.75, 3.05) is 26.2 Å². The molecule has 9 heteroatoms. The average molecular weight is 379 g/mol. The van der Waals surface area contributed by atoms with Crippen molar-refractivity contribution in [1.82, 2.24) is 10.2 Å². The lowest BCUT2D eigenvalue weighted by atomic mass is 10.1. The maximum Gasteiger partial charge on any atom is 0.307 e. The molecule has 0 spiro atoms. The van der Waals surface area contributed by atoms with Crippen molar-refractivity contribution in [3.63, 3.8) is 0 Å². The number of hydrogen-bond donors (Lipinski definition) is 1. The summed E-state index contributed by atoms with van der Waals surface area (Å²) >= 11 is 0. The van der Waals surface area contributed by atoms with Gasteiger partial charge in [-0.1, -0.05) is 18.2 Å². The van der Waals surface area contributed by atoms with Crippen LogP contribution in [0, 0.1) is 10.1 Å². The van der Waals surface area contributed by atoms with Crippen molar-refractivity contribution in [3.05, 3.63) is 39.9 Å². The molecule has 27 heavy (non-hydrogen) atoms. The number of nitro benzene ring substituents is 1. The number of esters is 1. The molecule has 0 aliphatic carbocycles. The number of carbonyl (C=O) groups is 3. The Morgan fingerprint density at radius 3 is 2.56 bits per heavy atom. The van der Waals surface area contributed by atoms with Crippen LogP contribution < -0.4 is 5.32 Å². The third-order valence-electron chi connectivity index (χ3n) is 3.75. The van der Waals surface area contributed by atoms with E-state index in [1.54, 1.807) is 13.0 Å². The lowest BCUT2D eigenvalue weighted by molar-refractivity contribution is -0.385. The Kier molecular flexibility index (Phi) is 9.49. The number of hydrogen-bond acceptors (Lipinski definition) is 6. The Morgan fingerprint density at radius 1 is 1.22 bits per heavy atom. The Balaban J connectivity index is 2.77. The first-order valence-electron chi connectivity index (χ1n) is 8.75. The van der Waals surface area contributed by atoms with Gasteiger partial charge >= 0.3 is 5.97 Å². The molecule has 1 N–H and O–H groups in total. The fourth-order valence-electron chi connectivity index (χ4n) is 2.47. The molecule has 1 aromatic rings. The summed E-state index contributed by atoms with van der Waals surface area (Å²) in [7, 11) is 0. The summed E-state index contributed by atoms with van der Waals surface area (Å²) in [4.78, 5) is 47.2. The molecule has 0 aliphatic heterocycles. The molecule has 1 rings (SSSR count). The van der Waals surface area contributed by atoms with E-state index < -0.39 is 10.9 Å². The maximum atomic E-state index is 12.6. The average Bonchev–Trinajstić information content (AvgIpc) is 2.61. The first kappa shape index (κ1) is 22.1. The van der Waals surface area contributed by atoms with E-state index in [0.717, 1.165) is 0 Å². The fraction of sp³-hybridized carbons (Fsp3) is 0.500. The molecule has 0 saturated carbocycles. The van der Waals surface area contributed by atoms with Crippen molar-refractivity contribution in [2.24, 2.45) is 0 Å². The molecule has 0 bridgehead atoms. The van der Waals surface area contributed by atoms with Crippen molar-refractivity contribution in [2.45, 2.75) is 33.1 Å². The third kappa shape index (κ3) is 8.30. The van der Waals surface area contributed by atoms with E-state index in [4.69, 9.17) is 4.74 Å². The Bertz CT molecular complexity index is 677. The van der Waals surface area contributed by atoms with Gasteiger partial charge in [0.1, 0.15) is 0 Å². The van der Waals surface area contributed by atoms with Crippen LogP contribution in [-0.4, -0.2) is 53.8 Å². The first-order chi connectivity index (χ1) is 12.8. The summed E-state index contributed by atoms with van der Waals surface area (Å²) < 4.78 is 4.87. The summed E-state index contributed by atoms with van der Waals surface area (Å²) in [5.74, 6) is -0.904. The second-order valence-corrected chi connectivity index (χ2v) is 5.83. The number of carbonyl (C=O) groups excluding carboxylic acids is 3. The monoisotopic (exact) mass is 379 g/mol. The lowest BCUT2D eigenvalue weighted by Gasteiger charge is -2.22. The molecule has 0 atom stereocenters. The van der Waals surface area contributed by atoms with Gasteiger partial charge in [-0.25, -0.2) is 0 Å². The molecule has 0 heterocycles. The highest BCUT2D eigenvalue weighted by molar-refractivity contribution is 5.80. The standard InChI is InChI=1S/C18H25N3O6/c1-3-27-18(24)9-12-20(11-6-10-19-14(2)22)17(23)13-15-7-4-5-8-16(15)21(25)26/h4-5,7-8H,3,6,9-13H2,1-2H3,(H,19,22). The minimum Gasteiger partial charge on any atom is -0.466 e. The molecular weight excluding hydrogens is 354 g/mol. The van der Waals surface area contributed by atoms with E-state index in [0.29, 0.717) is 25.1 Å². The quantitative estimate of drug-likeness (QED) is 0.269. The van der Waals surface area contributed by atoms with Gasteiger partial charge in [-0.2, -0.15) is 0 Å². The molecule has 0 saturated heterocycles. The Morgan fingerprint density at radius 2 is 1.93 bits per heavy atom. The molecule has 0 aromatic heterocycles. The summed E-state index contributed by atoms with van der Waals surface area (Å²) in [6.07, 6.45) is 0.405. The molecule has 2 amide bonds. The van der Waals surface area contributed by atoms with Crippen LogP contribution in [0.15, 0.2) is 24.3 Å². The van der Waals surface area contributed by atoms with E-state index in [9.17, 15) is 24.5 Å². The summed E-state index contributed by atoms with van der Waals surface area (Å²) in [5.41, 5.74) is 0.199. The minimum atomic E-state index is -0.525. The number of nitrogens with zero attached hydrogens (tertiary/aromatic N) is 2. The van der Waals surface area contributed by atoms with Gasteiger partial charge < -0.3 is 15.0 Å². The van der Waals surface area contributed by atoms with E-state index in [-0.39, 0.29) is 43.5 Å². The van der Waals surface area contributed by atoms with E-state index in [1.807, 2.05) is 0 Å². The van der Waals surface area contributed by atoms with Crippen molar-refractivity contribution in [3.8, 4) is 0 Å². The Hall–Kier alpha value is -2.97. The molecular formula is C18H25N3O6. The molecule has 0 fully saturated rings. The van der Waals surface area contributed by atoms with Gasteiger partial charge in [0.15, 0.2) is 0 Å². The van der Waals surface area contributed by atoms with Crippen LogP contribution in [0.25, 0.3) is 0 Å². The third-order valence-corrected chi connectivity index (χ3v) is 3.75. The summed E-state index contributed by atoms with van der Waals surface area (Å²) in [6, 6.07) is 6.06. The fourth-order valence-corrected chi connectivity index (χ4v) is 2.47. The predicted octanol–water partition coefficient (Wildman–Crippen LogP) is 1.45. The van der Waals surface area contributed by atoms with Crippen LogP contribution >= 0.6 is 0 Å². The smallest absolute Gasteiger partial charge is 0.307 e.